The fourth-order valence-corrected chi connectivity index (χ4v) is 3.05. The molecular weight excluding hydrogens is 372 g/mol. The Morgan fingerprint density at radius 2 is 1.86 bits per heavy atom. The Morgan fingerprint density at radius 1 is 1.10 bits per heavy atom. The van der Waals surface area contributed by atoms with Gasteiger partial charge in [0.15, 0.2) is 5.75 Å². The number of hydrogen-bond donors (Lipinski definition) is 1. The zero-order chi connectivity index (χ0) is 20.4. The maximum Gasteiger partial charge on any atom is 0.311 e. The average molecular weight is 388 g/mol. The first-order valence-electron chi connectivity index (χ1n) is 8.73. The van der Waals surface area contributed by atoms with Crippen LogP contribution in [0.15, 0.2) is 73.1 Å². The van der Waals surface area contributed by atoms with Crippen molar-refractivity contribution < 1.29 is 14.5 Å². The van der Waals surface area contributed by atoms with Crippen molar-refractivity contribution in [2.75, 3.05) is 12.4 Å². The number of carbonyl (C=O) groups is 1. The average Bonchev–Trinajstić information content (AvgIpc) is 3.18. The Balaban J connectivity index is 1.55. The number of fused-ring (bicyclic) bond motifs is 1. The van der Waals surface area contributed by atoms with E-state index in [9.17, 15) is 14.9 Å². The molecule has 1 amide bonds. The van der Waals surface area contributed by atoms with E-state index in [1.54, 1.807) is 18.5 Å². The van der Waals surface area contributed by atoms with Gasteiger partial charge in [-0.25, -0.2) is 4.98 Å². The molecule has 144 valence electrons. The van der Waals surface area contributed by atoms with E-state index in [2.05, 4.69) is 10.3 Å². The molecule has 0 atom stereocenters. The number of benzene rings is 3. The summed E-state index contributed by atoms with van der Waals surface area (Å²) in [5.74, 6) is -0.347. The lowest BCUT2D eigenvalue weighted by molar-refractivity contribution is -0.385. The summed E-state index contributed by atoms with van der Waals surface area (Å²) in [4.78, 5) is 27.4. The Hall–Kier alpha value is -4.20. The van der Waals surface area contributed by atoms with Crippen LogP contribution in [0.5, 0.6) is 5.75 Å². The standard InChI is InChI=1S/C21H16N4O4/c1-29-20-11-6-14(12-19(20)25(27)28)21(26)23-15-7-9-16(10-8-15)24-13-22-17-4-2-3-5-18(17)24/h2-13H,1H3,(H,23,26). The Morgan fingerprint density at radius 3 is 2.59 bits per heavy atom. The molecule has 8 heteroatoms. The number of anilines is 1. The van der Waals surface area contributed by atoms with Crippen LogP contribution in [0.3, 0.4) is 0 Å². The molecule has 1 heterocycles. The number of nitro groups is 1. The Labute approximate surface area is 165 Å². The van der Waals surface area contributed by atoms with Crippen molar-refractivity contribution in [1.29, 1.82) is 0 Å². The van der Waals surface area contributed by atoms with Crippen LogP contribution in [-0.2, 0) is 0 Å². The lowest BCUT2D eigenvalue weighted by atomic mass is 10.1. The third kappa shape index (κ3) is 3.51. The van der Waals surface area contributed by atoms with Gasteiger partial charge < -0.3 is 10.1 Å². The number of nitro benzene ring substituents is 1. The molecule has 0 spiro atoms. The number of para-hydroxylation sites is 2. The lowest BCUT2D eigenvalue weighted by Gasteiger charge is -2.09. The molecule has 0 bridgehead atoms. The number of aromatic nitrogens is 2. The van der Waals surface area contributed by atoms with Crippen molar-refractivity contribution in [2.45, 2.75) is 0 Å². The van der Waals surface area contributed by atoms with Gasteiger partial charge in [0.25, 0.3) is 5.91 Å². The van der Waals surface area contributed by atoms with E-state index in [1.807, 2.05) is 41.0 Å². The number of ether oxygens (including phenoxy) is 1. The quantitative estimate of drug-likeness (QED) is 0.408. The van der Waals surface area contributed by atoms with Crippen molar-refractivity contribution in [3.8, 4) is 11.4 Å². The molecule has 0 aliphatic heterocycles. The number of methoxy groups -OCH3 is 1. The first-order chi connectivity index (χ1) is 14.1. The van der Waals surface area contributed by atoms with Gasteiger partial charge in [-0.15, -0.1) is 0 Å². The largest absolute Gasteiger partial charge is 0.490 e. The Kier molecular flexibility index (Phi) is 4.66. The number of amides is 1. The van der Waals surface area contributed by atoms with Crippen LogP contribution in [0.4, 0.5) is 11.4 Å². The first kappa shape index (κ1) is 18.2. The summed E-state index contributed by atoms with van der Waals surface area (Å²) in [6.07, 6.45) is 1.74. The molecule has 29 heavy (non-hydrogen) atoms. The summed E-state index contributed by atoms with van der Waals surface area (Å²) in [5, 5.41) is 13.9. The van der Waals surface area contributed by atoms with E-state index in [0.29, 0.717) is 5.69 Å². The number of hydrogen-bond acceptors (Lipinski definition) is 5. The zero-order valence-corrected chi connectivity index (χ0v) is 15.4. The molecule has 0 saturated carbocycles. The summed E-state index contributed by atoms with van der Waals surface area (Å²) >= 11 is 0. The van der Waals surface area contributed by atoms with Gasteiger partial charge in [0.2, 0.25) is 0 Å². The zero-order valence-electron chi connectivity index (χ0n) is 15.4. The molecule has 4 aromatic rings. The van der Waals surface area contributed by atoms with Gasteiger partial charge in [-0.05, 0) is 48.5 Å². The van der Waals surface area contributed by atoms with E-state index < -0.39 is 10.8 Å². The molecule has 0 aliphatic rings. The van der Waals surface area contributed by atoms with Crippen LogP contribution in [0.1, 0.15) is 10.4 Å². The smallest absolute Gasteiger partial charge is 0.311 e. The van der Waals surface area contributed by atoms with Crippen molar-refractivity contribution in [1.82, 2.24) is 9.55 Å². The van der Waals surface area contributed by atoms with Crippen LogP contribution in [0.2, 0.25) is 0 Å². The summed E-state index contributed by atoms with van der Waals surface area (Å²) in [5.41, 5.74) is 3.25. The fourth-order valence-electron chi connectivity index (χ4n) is 3.05. The van der Waals surface area contributed by atoms with Gasteiger partial charge in [0, 0.05) is 23.0 Å². The van der Waals surface area contributed by atoms with Gasteiger partial charge in [0.05, 0.1) is 23.1 Å². The molecule has 0 fully saturated rings. The highest BCUT2D eigenvalue weighted by Gasteiger charge is 2.18. The van der Waals surface area contributed by atoms with Crippen molar-refractivity contribution in [3.05, 3.63) is 88.7 Å². The van der Waals surface area contributed by atoms with Gasteiger partial charge >= 0.3 is 5.69 Å². The predicted octanol–water partition coefficient (Wildman–Crippen LogP) is 4.19. The minimum atomic E-state index is -0.583. The molecule has 3 aromatic carbocycles. The molecule has 0 saturated heterocycles. The molecule has 0 aliphatic carbocycles. The topological polar surface area (TPSA) is 99.3 Å². The number of imidazole rings is 1. The van der Waals surface area contributed by atoms with Crippen LogP contribution < -0.4 is 10.1 Å². The highest BCUT2D eigenvalue weighted by Crippen LogP contribution is 2.28. The summed E-state index contributed by atoms with van der Waals surface area (Å²) in [7, 11) is 1.34. The van der Waals surface area contributed by atoms with Crippen LogP contribution in [-0.4, -0.2) is 27.5 Å². The minimum absolute atomic E-state index is 0.100. The molecule has 1 N–H and O–H groups in total. The molecule has 0 radical (unpaired) electrons. The monoisotopic (exact) mass is 388 g/mol. The second kappa shape index (κ2) is 7.43. The maximum atomic E-state index is 12.5. The third-order valence-electron chi connectivity index (χ3n) is 4.49. The highest BCUT2D eigenvalue weighted by molar-refractivity contribution is 6.04. The van der Waals surface area contributed by atoms with Crippen LogP contribution in [0.25, 0.3) is 16.7 Å². The first-order valence-corrected chi connectivity index (χ1v) is 8.73. The number of carbonyl (C=O) groups excluding carboxylic acids is 1. The second-order valence-electron chi connectivity index (χ2n) is 6.25. The highest BCUT2D eigenvalue weighted by atomic mass is 16.6. The SMILES string of the molecule is COc1ccc(C(=O)Nc2ccc(-n3cnc4ccccc43)cc2)cc1[N+](=O)[O-]. The Bertz CT molecular complexity index is 1220. The molecule has 1 aromatic heterocycles. The normalized spacial score (nSPS) is 10.7. The van der Waals surface area contributed by atoms with Gasteiger partial charge in [-0.1, -0.05) is 12.1 Å². The van der Waals surface area contributed by atoms with Crippen molar-refractivity contribution in [2.24, 2.45) is 0 Å². The third-order valence-corrected chi connectivity index (χ3v) is 4.49. The lowest BCUT2D eigenvalue weighted by Crippen LogP contribution is -2.12. The predicted molar refractivity (Wildman–Crippen MR) is 109 cm³/mol. The minimum Gasteiger partial charge on any atom is -0.490 e. The van der Waals surface area contributed by atoms with Crippen LogP contribution in [0, 0.1) is 10.1 Å². The summed E-state index contributed by atoms with van der Waals surface area (Å²) in [6.45, 7) is 0. The molecule has 0 unspecified atom stereocenters. The molecule has 4 rings (SSSR count). The van der Waals surface area contributed by atoms with E-state index in [1.165, 1.54) is 25.3 Å². The van der Waals surface area contributed by atoms with E-state index in [-0.39, 0.29) is 17.0 Å². The van der Waals surface area contributed by atoms with Gasteiger partial charge in [-0.3, -0.25) is 19.5 Å². The van der Waals surface area contributed by atoms with Gasteiger partial charge in [-0.2, -0.15) is 0 Å². The van der Waals surface area contributed by atoms with Crippen molar-refractivity contribution in [3.63, 3.8) is 0 Å². The summed E-state index contributed by atoms with van der Waals surface area (Å²) in [6, 6.07) is 19.1. The fraction of sp³-hybridized carbons (Fsp3) is 0.0476. The van der Waals surface area contributed by atoms with Crippen LogP contribution >= 0.6 is 0 Å². The second-order valence-corrected chi connectivity index (χ2v) is 6.25. The number of rotatable bonds is 5. The van der Waals surface area contributed by atoms with E-state index in [4.69, 9.17) is 4.74 Å². The number of nitrogens with zero attached hydrogens (tertiary/aromatic N) is 3. The molecular formula is C21H16N4O4. The van der Waals surface area contributed by atoms with E-state index in [0.717, 1.165) is 16.7 Å². The maximum absolute atomic E-state index is 12.5. The van der Waals surface area contributed by atoms with E-state index >= 15 is 0 Å². The summed E-state index contributed by atoms with van der Waals surface area (Å²) < 4.78 is 6.91. The van der Waals surface area contributed by atoms with Crippen molar-refractivity contribution >= 4 is 28.3 Å². The number of nitrogens with one attached hydrogen (secondary N) is 1. The molecule has 8 nitrogen and oxygen atoms in total. The van der Waals surface area contributed by atoms with Gasteiger partial charge in [0.1, 0.15) is 6.33 Å².